The van der Waals surface area contributed by atoms with Crippen LogP contribution >= 0.6 is 0 Å². The topological polar surface area (TPSA) is 78.9 Å². The van der Waals surface area contributed by atoms with Crippen molar-refractivity contribution in [2.75, 3.05) is 13.2 Å². The molecule has 0 heterocycles. The van der Waals surface area contributed by atoms with Gasteiger partial charge in [-0.3, -0.25) is 14.4 Å². The van der Waals surface area contributed by atoms with Crippen LogP contribution in [0.1, 0.15) is 245 Å². The van der Waals surface area contributed by atoms with Crippen molar-refractivity contribution in [1.29, 1.82) is 0 Å². The molecule has 0 bridgehead atoms. The highest BCUT2D eigenvalue weighted by atomic mass is 16.6. The molecule has 0 fully saturated rings. The Morgan fingerprint density at radius 3 is 1.03 bits per heavy atom. The Balaban J connectivity index is 4.52. The molecule has 0 aromatic carbocycles. The molecule has 0 amide bonds. The fraction of sp³-hybridized carbons (Fsp3) is 0.661. The van der Waals surface area contributed by atoms with Gasteiger partial charge in [-0.15, -0.1) is 0 Å². The van der Waals surface area contributed by atoms with E-state index in [1.807, 2.05) is 0 Å². The lowest BCUT2D eigenvalue weighted by atomic mass is 10.1. The zero-order valence-corrected chi connectivity index (χ0v) is 44.1. The highest BCUT2D eigenvalue weighted by molar-refractivity contribution is 5.71. The van der Waals surface area contributed by atoms with Gasteiger partial charge in [0.25, 0.3) is 0 Å². The standard InChI is InChI=1S/C62H102O6/c1-4-7-10-13-16-19-22-25-28-30-31-32-35-37-40-43-46-49-52-55-61(64)67-58-59(57-66-60(63)54-51-48-45-42-39-36-33-27-24-21-18-15-12-9-6-3)68-62(65)56-53-50-47-44-41-38-34-29-26-23-20-17-14-11-8-5-2/h7,10,16,18-19,21,24-25,27-29,31-32,34,37-38,40-41,59H,4-6,8-9,11-15,17,20,22-23,26,30,33,35-36,39,42-58H2,1-3H3/b10-7-,19-16-,21-18-,27-24-,28-25-,32-31-,34-29-,40-37-,41-38-. The van der Waals surface area contributed by atoms with E-state index in [1.54, 1.807) is 0 Å². The second-order valence-corrected chi connectivity index (χ2v) is 18.2. The van der Waals surface area contributed by atoms with Crippen LogP contribution in [-0.4, -0.2) is 37.2 Å². The van der Waals surface area contributed by atoms with Crippen LogP contribution in [0.15, 0.2) is 109 Å². The summed E-state index contributed by atoms with van der Waals surface area (Å²) in [5.74, 6) is -0.979. The maximum atomic E-state index is 12.8. The summed E-state index contributed by atoms with van der Waals surface area (Å²) in [6.07, 6.45) is 75.0. The van der Waals surface area contributed by atoms with Gasteiger partial charge in [0.1, 0.15) is 13.2 Å². The highest BCUT2D eigenvalue weighted by Gasteiger charge is 2.19. The average Bonchev–Trinajstić information content (AvgIpc) is 3.34. The Hall–Kier alpha value is -3.93. The number of unbranched alkanes of at least 4 members (excludes halogenated alkanes) is 22. The smallest absolute Gasteiger partial charge is 0.306 e. The molecule has 0 saturated heterocycles. The van der Waals surface area contributed by atoms with Crippen LogP contribution in [0.3, 0.4) is 0 Å². The normalized spacial score (nSPS) is 12.9. The third-order valence-corrected chi connectivity index (χ3v) is 11.5. The van der Waals surface area contributed by atoms with Gasteiger partial charge in [-0.2, -0.15) is 0 Å². The Labute approximate surface area is 419 Å². The number of carbonyl (C=O) groups is 3. The van der Waals surface area contributed by atoms with Crippen LogP contribution in [0.4, 0.5) is 0 Å². The first kappa shape index (κ1) is 64.1. The van der Waals surface area contributed by atoms with Crippen LogP contribution < -0.4 is 0 Å². The predicted molar refractivity (Wildman–Crippen MR) is 293 cm³/mol. The molecule has 0 spiro atoms. The van der Waals surface area contributed by atoms with E-state index in [0.29, 0.717) is 12.8 Å². The summed E-state index contributed by atoms with van der Waals surface area (Å²) >= 11 is 0. The van der Waals surface area contributed by atoms with Gasteiger partial charge in [0.15, 0.2) is 6.10 Å². The third-order valence-electron chi connectivity index (χ3n) is 11.5. The van der Waals surface area contributed by atoms with Gasteiger partial charge in [0, 0.05) is 19.3 Å². The molecule has 0 aliphatic rings. The molecular weight excluding hydrogens is 841 g/mol. The van der Waals surface area contributed by atoms with Gasteiger partial charge in [0.05, 0.1) is 0 Å². The molecule has 0 saturated carbocycles. The van der Waals surface area contributed by atoms with Crippen LogP contribution in [0, 0.1) is 0 Å². The van der Waals surface area contributed by atoms with Crippen molar-refractivity contribution >= 4 is 17.9 Å². The van der Waals surface area contributed by atoms with Crippen molar-refractivity contribution in [2.45, 2.75) is 252 Å². The van der Waals surface area contributed by atoms with Crippen molar-refractivity contribution in [1.82, 2.24) is 0 Å². The molecule has 0 aromatic rings. The van der Waals surface area contributed by atoms with E-state index in [4.69, 9.17) is 14.2 Å². The van der Waals surface area contributed by atoms with E-state index in [9.17, 15) is 14.4 Å². The molecular formula is C62H102O6. The largest absolute Gasteiger partial charge is 0.462 e. The lowest BCUT2D eigenvalue weighted by Crippen LogP contribution is -2.30. The second-order valence-electron chi connectivity index (χ2n) is 18.2. The summed E-state index contributed by atoms with van der Waals surface area (Å²) in [4.78, 5) is 38.1. The van der Waals surface area contributed by atoms with Gasteiger partial charge in [-0.25, -0.2) is 0 Å². The van der Waals surface area contributed by atoms with Crippen molar-refractivity contribution in [3.63, 3.8) is 0 Å². The van der Waals surface area contributed by atoms with E-state index in [2.05, 4.69) is 130 Å². The molecule has 0 aromatic heterocycles. The Morgan fingerprint density at radius 2 is 0.618 bits per heavy atom. The number of allylic oxidation sites excluding steroid dienone is 18. The van der Waals surface area contributed by atoms with Crippen LogP contribution in [0.5, 0.6) is 0 Å². The fourth-order valence-electron chi connectivity index (χ4n) is 7.33. The molecule has 386 valence electrons. The first-order valence-corrected chi connectivity index (χ1v) is 27.9. The van der Waals surface area contributed by atoms with Gasteiger partial charge in [-0.1, -0.05) is 220 Å². The Kier molecular flexibility index (Phi) is 52.4. The minimum atomic E-state index is -0.813. The number of hydrogen-bond donors (Lipinski definition) is 0. The van der Waals surface area contributed by atoms with E-state index >= 15 is 0 Å². The summed E-state index contributed by atoms with van der Waals surface area (Å²) in [6, 6.07) is 0. The van der Waals surface area contributed by atoms with Crippen LogP contribution in [0.2, 0.25) is 0 Å². The zero-order valence-electron chi connectivity index (χ0n) is 44.1. The monoisotopic (exact) mass is 943 g/mol. The number of hydrogen-bond acceptors (Lipinski definition) is 6. The van der Waals surface area contributed by atoms with Crippen LogP contribution in [-0.2, 0) is 28.6 Å². The minimum absolute atomic E-state index is 0.107. The summed E-state index contributed by atoms with van der Waals surface area (Å²) in [7, 11) is 0. The molecule has 6 heteroatoms. The van der Waals surface area contributed by atoms with E-state index in [1.165, 1.54) is 83.5 Å². The summed E-state index contributed by atoms with van der Waals surface area (Å²) in [6.45, 7) is 6.43. The van der Waals surface area contributed by atoms with Crippen molar-refractivity contribution in [3.05, 3.63) is 109 Å². The number of esters is 3. The minimum Gasteiger partial charge on any atom is -0.462 e. The fourth-order valence-corrected chi connectivity index (χ4v) is 7.33. The summed E-state index contributed by atoms with van der Waals surface area (Å²) in [5, 5.41) is 0. The Bertz CT molecular complexity index is 1410. The summed E-state index contributed by atoms with van der Waals surface area (Å²) in [5.41, 5.74) is 0. The molecule has 68 heavy (non-hydrogen) atoms. The maximum Gasteiger partial charge on any atom is 0.306 e. The second kappa shape index (κ2) is 55.7. The van der Waals surface area contributed by atoms with Gasteiger partial charge >= 0.3 is 17.9 Å². The van der Waals surface area contributed by atoms with E-state index in [0.717, 1.165) is 122 Å². The van der Waals surface area contributed by atoms with Gasteiger partial charge in [-0.05, 0) is 116 Å². The molecule has 6 nitrogen and oxygen atoms in total. The predicted octanol–water partition coefficient (Wildman–Crippen LogP) is 18.7. The lowest BCUT2D eigenvalue weighted by molar-refractivity contribution is -0.167. The van der Waals surface area contributed by atoms with E-state index in [-0.39, 0.29) is 37.5 Å². The number of carbonyl (C=O) groups excluding carboxylic acids is 3. The molecule has 0 N–H and O–H groups in total. The molecule has 0 aliphatic heterocycles. The zero-order chi connectivity index (χ0) is 49.3. The SMILES string of the molecule is CC/C=C\C/C=C\C/C=C\C/C=C\C/C=C\CCCCCC(=O)OCC(COC(=O)CCCCCCCC/C=C\C=C/CCCCC)OC(=O)CCCCC/C=C\C=C/CCCCCCCCC. The lowest BCUT2D eigenvalue weighted by Gasteiger charge is -2.18. The molecule has 0 rings (SSSR count). The average molecular weight is 943 g/mol. The summed E-state index contributed by atoms with van der Waals surface area (Å²) < 4.78 is 16.8. The molecule has 0 aliphatic carbocycles. The highest BCUT2D eigenvalue weighted by Crippen LogP contribution is 2.13. The molecule has 0 radical (unpaired) electrons. The number of rotatable bonds is 49. The van der Waals surface area contributed by atoms with Crippen LogP contribution in [0.25, 0.3) is 0 Å². The Morgan fingerprint density at radius 1 is 0.324 bits per heavy atom. The van der Waals surface area contributed by atoms with E-state index < -0.39 is 6.10 Å². The number of ether oxygens (including phenoxy) is 3. The molecule has 1 unspecified atom stereocenters. The molecule has 1 atom stereocenters. The van der Waals surface area contributed by atoms with Crippen molar-refractivity contribution in [2.24, 2.45) is 0 Å². The van der Waals surface area contributed by atoms with Crippen molar-refractivity contribution < 1.29 is 28.6 Å². The van der Waals surface area contributed by atoms with Crippen molar-refractivity contribution in [3.8, 4) is 0 Å². The maximum absolute atomic E-state index is 12.8. The van der Waals surface area contributed by atoms with Gasteiger partial charge in [0.2, 0.25) is 0 Å². The quantitative estimate of drug-likeness (QED) is 0.0199. The van der Waals surface area contributed by atoms with Gasteiger partial charge < -0.3 is 14.2 Å². The third kappa shape index (κ3) is 53.0. The first-order chi connectivity index (χ1) is 33.5. The first-order valence-electron chi connectivity index (χ1n) is 27.9.